The average Bonchev–Trinajstić information content (AvgIpc) is 2.49. The second-order valence-electron chi connectivity index (χ2n) is 4.47. The molecule has 0 aliphatic heterocycles. The molecule has 0 amide bonds. The average molecular weight is 376 g/mol. The molecule has 1 heterocycles. The molecule has 0 spiro atoms. The van der Waals surface area contributed by atoms with Crippen LogP contribution in [0.3, 0.4) is 0 Å². The lowest BCUT2D eigenvalue weighted by molar-refractivity contribution is 0.310. The molecule has 3 aromatic rings. The van der Waals surface area contributed by atoms with Gasteiger partial charge in [0, 0.05) is 15.2 Å². The van der Waals surface area contributed by atoms with E-state index in [0.29, 0.717) is 12.3 Å². The molecule has 20 heavy (non-hydrogen) atoms. The first-order valence-electron chi connectivity index (χ1n) is 6.24. The van der Waals surface area contributed by atoms with E-state index in [9.17, 15) is 0 Å². The van der Waals surface area contributed by atoms with Gasteiger partial charge < -0.3 is 10.5 Å². The zero-order valence-corrected chi connectivity index (χ0v) is 12.9. The molecule has 100 valence electrons. The lowest BCUT2D eigenvalue weighted by Gasteiger charge is -2.10. The normalized spacial score (nSPS) is 10.7. The van der Waals surface area contributed by atoms with Gasteiger partial charge in [-0.05, 0) is 64.6 Å². The van der Waals surface area contributed by atoms with Gasteiger partial charge in [0.05, 0.1) is 11.2 Å². The zero-order chi connectivity index (χ0) is 13.9. The van der Waals surface area contributed by atoms with E-state index in [1.807, 2.05) is 24.3 Å². The first-order valence-corrected chi connectivity index (χ1v) is 7.32. The van der Waals surface area contributed by atoms with Gasteiger partial charge in [-0.3, -0.25) is 4.98 Å². The van der Waals surface area contributed by atoms with Crippen LogP contribution in [0, 0.1) is 3.57 Å². The summed E-state index contributed by atoms with van der Waals surface area (Å²) in [5.41, 5.74) is 8.52. The van der Waals surface area contributed by atoms with E-state index in [0.717, 1.165) is 22.2 Å². The number of nitrogens with two attached hydrogens (primary N) is 1. The van der Waals surface area contributed by atoms with E-state index in [-0.39, 0.29) is 0 Å². The lowest BCUT2D eigenvalue weighted by atomic mass is 10.1. The Morgan fingerprint density at radius 3 is 2.65 bits per heavy atom. The van der Waals surface area contributed by atoms with Gasteiger partial charge in [-0.15, -0.1) is 0 Å². The Hall–Kier alpha value is -1.82. The van der Waals surface area contributed by atoms with Gasteiger partial charge in [-0.2, -0.15) is 0 Å². The molecular formula is C16H13IN2O. The predicted molar refractivity (Wildman–Crippen MR) is 89.6 cm³/mol. The van der Waals surface area contributed by atoms with Gasteiger partial charge in [0.1, 0.15) is 12.4 Å². The number of halogens is 1. The molecule has 0 bridgehead atoms. The molecule has 4 heteroatoms. The molecule has 0 saturated heterocycles. The molecule has 0 aliphatic carbocycles. The highest BCUT2D eigenvalue weighted by Crippen LogP contribution is 2.28. The summed E-state index contributed by atoms with van der Waals surface area (Å²) < 4.78 is 7.12. The Kier molecular flexibility index (Phi) is 3.73. The van der Waals surface area contributed by atoms with Crippen LogP contribution in [0.2, 0.25) is 0 Å². The monoisotopic (exact) mass is 376 g/mol. The minimum Gasteiger partial charge on any atom is -0.488 e. The van der Waals surface area contributed by atoms with Crippen molar-refractivity contribution in [2.45, 2.75) is 6.61 Å². The summed E-state index contributed by atoms with van der Waals surface area (Å²) in [6, 6.07) is 15.9. The zero-order valence-electron chi connectivity index (χ0n) is 10.7. The van der Waals surface area contributed by atoms with E-state index in [1.165, 1.54) is 3.57 Å². The summed E-state index contributed by atoms with van der Waals surface area (Å²) >= 11 is 2.29. The van der Waals surface area contributed by atoms with Crippen LogP contribution in [0.15, 0.2) is 54.7 Å². The fourth-order valence-corrected chi connectivity index (χ4v) is 2.40. The van der Waals surface area contributed by atoms with E-state index in [2.05, 4.69) is 51.8 Å². The summed E-state index contributed by atoms with van der Waals surface area (Å²) in [4.78, 5) is 4.30. The highest BCUT2D eigenvalue weighted by Gasteiger charge is 2.06. The minimum absolute atomic E-state index is 0.533. The first-order chi connectivity index (χ1) is 9.74. The van der Waals surface area contributed by atoms with Gasteiger partial charge in [-0.25, -0.2) is 0 Å². The van der Waals surface area contributed by atoms with Gasteiger partial charge in [0.2, 0.25) is 0 Å². The van der Waals surface area contributed by atoms with Crippen LogP contribution in [-0.4, -0.2) is 4.98 Å². The van der Waals surface area contributed by atoms with E-state index in [4.69, 9.17) is 10.5 Å². The van der Waals surface area contributed by atoms with Crippen molar-refractivity contribution >= 4 is 39.2 Å². The highest BCUT2D eigenvalue weighted by atomic mass is 127. The maximum absolute atomic E-state index is 5.93. The number of fused-ring (bicyclic) bond motifs is 1. The molecule has 0 radical (unpaired) electrons. The SMILES string of the molecule is Nc1ccc(OCc2ccc(I)cc2)c2cccnc12. The lowest BCUT2D eigenvalue weighted by Crippen LogP contribution is -1.98. The van der Waals surface area contributed by atoms with E-state index >= 15 is 0 Å². The molecule has 0 aliphatic rings. The maximum atomic E-state index is 5.93. The van der Waals surface area contributed by atoms with Gasteiger partial charge >= 0.3 is 0 Å². The molecule has 0 saturated carbocycles. The number of pyridine rings is 1. The van der Waals surface area contributed by atoms with E-state index < -0.39 is 0 Å². The summed E-state index contributed by atoms with van der Waals surface area (Å²) in [5.74, 6) is 0.806. The quantitative estimate of drug-likeness (QED) is 0.555. The Balaban J connectivity index is 1.88. The van der Waals surface area contributed by atoms with Crippen molar-refractivity contribution in [2.24, 2.45) is 0 Å². The molecule has 1 aromatic heterocycles. The first kappa shape index (κ1) is 13.2. The molecule has 0 fully saturated rings. The molecule has 3 rings (SSSR count). The Morgan fingerprint density at radius 2 is 1.85 bits per heavy atom. The topological polar surface area (TPSA) is 48.1 Å². The largest absolute Gasteiger partial charge is 0.488 e. The van der Waals surface area contributed by atoms with Gasteiger partial charge in [0.15, 0.2) is 0 Å². The van der Waals surface area contributed by atoms with Crippen LogP contribution in [0.4, 0.5) is 5.69 Å². The Morgan fingerprint density at radius 1 is 1.05 bits per heavy atom. The summed E-state index contributed by atoms with van der Waals surface area (Å²) in [6.07, 6.45) is 1.74. The van der Waals surface area contributed by atoms with Crippen molar-refractivity contribution in [3.63, 3.8) is 0 Å². The van der Waals surface area contributed by atoms with Crippen LogP contribution in [0.5, 0.6) is 5.75 Å². The van der Waals surface area contributed by atoms with E-state index in [1.54, 1.807) is 6.20 Å². The minimum atomic E-state index is 0.533. The summed E-state index contributed by atoms with van der Waals surface area (Å²) in [6.45, 7) is 0.533. The number of anilines is 1. The smallest absolute Gasteiger partial charge is 0.129 e. The number of nitrogens with zero attached hydrogens (tertiary/aromatic N) is 1. The summed E-state index contributed by atoms with van der Waals surface area (Å²) in [5, 5.41) is 0.943. The van der Waals surface area contributed by atoms with Gasteiger partial charge in [-0.1, -0.05) is 12.1 Å². The third-order valence-electron chi connectivity index (χ3n) is 3.07. The van der Waals surface area contributed by atoms with Crippen molar-refractivity contribution in [1.82, 2.24) is 4.98 Å². The maximum Gasteiger partial charge on any atom is 0.129 e. The number of benzene rings is 2. The van der Waals surface area contributed by atoms with Crippen LogP contribution >= 0.6 is 22.6 Å². The van der Waals surface area contributed by atoms with Crippen LogP contribution in [0.25, 0.3) is 10.9 Å². The second-order valence-corrected chi connectivity index (χ2v) is 5.71. The molecule has 2 N–H and O–H groups in total. The van der Waals surface area contributed by atoms with Crippen molar-refractivity contribution in [3.8, 4) is 5.75 Å². The van der Waals surface area contributed by atoms with Crippen LogP contribution < -0.4 is 10.5 Å². The molecule has 3 nitrogen and oxygen atoms in total. The fraction of sp³-hybridized carbons (Fsp3) is 0.0625. The van der Waals surface area contributed by atoms with Crippen molar-refractivity contribution < 1.29 is 4.74 Å². The third-order valence-corrected chi connectivity index (χ3v) is 3.79. The Labute approximate surface area is 130 Å². The van der Waals surface area contributed by atoms with Gasteiger partial charge in [0.25, 0.3) is 0 Å². The van der Waals surface area contributed by atoms with Crippen molar-refractivity contribution in [1.29, 1.82) is 0 Å². The van der Waals surface area contributed by atoms with Crippen molar-refractivity contribution in [2.75, 3.05) is 5.73 Å². The predicted octanol–water partition coefficient (Wildman–Crippen LogP) is 4.00. The summed E-state index contributed by atoms with van der Waals surface area (Å²) in [7, 11) is 0. The molecular weight excluding hydrogens is 363 g/mol. The number of ether oxygens (including phenoxy) is 1. The van der Waals surface area contributed by atoms with Crippen LogP contribution in [-0.2, 0) is 6.61 Å². The van der Waals surface area contributed by atoms with Crippen LogP contribution in [0.1, 0.15) is 5.56 Å². The molecule has 2 aromatic carbocycles. The number of hydrogen-bond donors (Lipinski definition) is 1. The number of nitrogen functional groups attached to an aromatic ring is 1. The fourth-order valence-electron chi connectivity index (χ4n) is 2.04. The molecule has 0 atom stereocenters. The highest BCUT2D eigenvalue weighted by molar-refractivity contribution is 14.1. The second kappa shape index (κ2) is 5.66. The van der Waals surface area contributed by atoms with Crippen molar-refractivity contribution in [3.05, 3.63) is 63.9 Å². The standard InChI is InChI=1S/C16H13IN2O/c17-12-5-3-11(4-6-12)10-20-15-8-7-14(18)16-13(15)2-1-9-19-16/h1-9H,10,18H2. The number of hydrogen-bond acceptors (Lipinski definition) is 3. The third kappa shape index (κ3) is 2.70. The molecule has 0 unspecified atom stereocenters. The number of aromatic nitrogens is 1. The number of rotatable bonds is 3. The Bertz CT molecular complexity index is 741.